The van der Waals surface area contributed by atoms with Gasteiger partial charge in [-0.05, 0) is 42.8 Å². The van der Waals surface area contributed by atoms with Crippen molar-refractivity contribution >= 4 is 23.2 Å². The summed E-state index contributed by atoms with van der Waals surface area (Å²) in [6.07, 6.45) is 1.50. The van der Waals surface area contributed by atoms with Crippen molar-refractivity contribution in [1.82, 2.24) is 4.98 Å². The standard InChI is InChI=1S/C14H13ClN2O2/c1-9-7-11(19-2)3-4-12(9)17-14(18)13-8-10(15)5-6-16-13/h3-8H,1-2H3,(H,17,18). The molecule has 0 atom stereocenters. The summed E-state index contributed by atoms with van der Waals surface area (Å²) in [6.45, 7) is 1.89. The Morgan fingerprint density at radius 2 is 2.11 bits per heavy atom. The number of carbonyl (C=O) groups is 1. The molecule has 4 nitrogen and oxygen atoms in total. The van der Waals surface area contributed by atoms with Gasteiger partial charge in [0.2, 0.25) is 0 Å². The minimum absolute atomic E-state index is 0.280. The molecule has 0 radical (unpaired) electrons. The maximum atomic E-state index is 12.0. The van der Waals surface area contributed by atoms with Gasteiger partial charge in [0.25, 0.3) is 5.91 Å². The molecule has 2 aromatic rings. The second-order valence-corrected chi connectivity index (χ2v) is 4.43. The van der Waals surface area contributed by atoms with Gasteiger partial charge in [-0.1, -0.05) is 11.6 Å². The van der Waals surface area contributed by atoms with Crippen LogP contribution in [0.1, 0.15) is 16.1 Å². The van der Waals surface area contributed by atoms with Crippen molar-refractivity contribution in [2.75, 3.05) is 12.4 Å². The van der Waals surface area contributed by atoms with E-state index in [4.69, 9.17) is 16.3 Å². The van der Waals surface area contributed by atoms with Gasteiger partial charge in [0.15, 0.2) is 0 Å². The first-order chi connectivity index (χ1) is 9.10. The van der Waals surface area contributed by atoms with Crippen molar-refractivity contribution in [3.63, 3.8) is 0 Å². The van der Waals surface area contributed by atoms with Crippen LogP contribution in [0, 0.1) is 6.92 Å². The Kier molecular flexibility index (Phi) is 4.02. The third-order valence-electron chi connectivity index (χ3n) is 2.64. The number of methoxy groups -OCH3 is 1. The number of aromatic nitrogens is 1. The smallest absolute Gasteiger partial charge is 0.274 e. The number of amides is 1. The highest BCUT2D eigenvalue weighted by Crippen LogP contribution is 2.21. The predicted molar refractivity (Wildman–Crippen MR) is 74.9 cm³/mol. The molecule has 1 aromatic heterocycles. The molecule has 1 heterocycles. The van der Waals surface area contributed by atoms with Crippen LogP contribution in [-0.2, 0) is 0 Å². The highest BCUT2D eigenvalue weighted by Gasteiger charge is 2.09. The fourth-order valence-corrected chi connectivity index (χ4v) is 1.78. The number of nitrogens with zero attached hydrogens (tertiary/aromatic N) is 1. The number of benzene rings is 1. The van der Waals surface area contributed by atoms with E-state index in [1.165, 1.54) is 12.3 Å². The maximum absolute atomic E-state index is 12.0. The first kappa shape index (κ1) is 13.4. The molecule has 0 aliphatic rings. The van der Waals surface area contributed by atoms with Gasteiger partial charge in [-0.3, -0.25) is 9.78 Å². The van der Waals surface area contributed by atoms with Crippen molar-refractivity contribution in [3.05, 3.63) is 52.8 Å². The van der Waals surface area contributed by atoms with Gasteiger partial charge in [0, 0.05) is 16.9 Å². The van der Waals surface area contributed by atoms with Crippen LogP contribution in [0.2, 0.25) is 5.02 Å². The van der Waals surface area contributed by atoms with E-state index in [9.17, 15) is 4.79 Å². The van der Waals surface area contributed by atoms with E-state index in [0.717, 1.165) is 11.3 Å². The topological polar surface area (TPSA) is 51.2 Å². The highest BCUT2D eigenvalue weighted by molar-refractivity contribution is 6.30. The fourth-order valence-electron chi connectivity index (χ4n) is 1.62. The molecule has 0 fully saturated rings. The van der Waals surface area contributed by atoms with Crippen LogP contribution in [0.25, 0.3) is 0 Å². The zero-order chi connectivity index (χ0) is 13.8. The van der Waals surface area contributed by atoms with Crippen LogP contribution >= 0.6 is 11.6 Å². The van der Waals surface area contributed by atoms with Gasteiger partial charge in [0.1, 0.15) is 11.4 Å². The Hall–Kier alpha value is -2.07. The molecule has 0 aliphatic carbocycles. The largest absolute Gasteiger partial charge is 0.497 e. The van der Waals surface area contributed by atoms with Crippen molar-refractivity contribution < 1.29 is 9.53 Å². The lowest BCUT2D eigenvalue weighted by Crippen LogP contribution is -2.14. The minimum Gasteiger partial charge on any atom is -0.497 e. The predicted octanol–water partition coefficient (Wildman–Crippen LogP) is 3.30. The number of aryl methyl sites for hydroxylation is 1. The Morgan fingerprint density at radius 3 is 2.74 bits per heavy atom. The molecular formula is C14H13ClN2O2. The summed E-state index contributed by atoms with van der Waals surface area (Å²) >= 11 is 5.83. The second kappa shape index (κ2) is 5.71. The first-order valence-electron chi connectivity index (χ1n) is 5.67. The lowest BCUT2D eigenvalue weighted by molar-refractivity contribution is 0.102. The molecule has 0 saturated heterocycles. The molecule has 0 saturated carbocycles. The number of halogens is 1. The molecule has 5 heteroatoms. The molecule has 0 spiro atoms. The number of rotatable bonds is 3. The quantitative estimate of drug-likeness (QED) is 0.936. The molecule has 0 bridgehead atoms. The van der Waals surface area contributed by atoms with Gasteiger partial charge in [-0.25, -0.2) is 0 Å². The first-order valence-corrected chi connectivity index (χ1v) is 6.05. The van der Waals surface area contributed by atoms with Crippen molar-refractivity contribution in [2.24, 2.45) is 0 Å². The summed E-state index contributed by atoms with van der Waals surface area (Å²) in [5.74, 6) is 0.451. The molecule has 1 aromatic carbocycles. The SMILES string of the molecule is COc1ccc(NC(=O)c2cc(Cl)ccn2)c(C)c1. The summed E-state index contributed by atoms with van der Waals surface area (Å²) in [5.41, 5.74) is 1.91. The molecule has 1 amide bonds. The Balaban J connectivity index is 2.19. The minimum atomic E-state index is -0.296. The second-order valence-electron chi connectivity index (χ2n) is 3.99. The van der Waals surface area contributed by atoms with Crippen molar-refractivity contribution in [1.29, 1.82) is 0 Å². The molecular weight excluding hydrogens is 264 g/mol. The summed E-state index contributed by atoms with van der Waals surface area (Å²) in [5, 5.41) is 3.27. The number of carbonyl (C=O) groups excluding carboxylic acids is 1. The van der Waals surface area contributed by atoms with Crippen molar-refractivity contribution in [3.8, 4) is 5.75 Å². The Labute approximate surface area is 116 Å². The monoisotopic (exact) mass is 276 g/mol. The fraction of sp³-hybridized carbons (Fsp3) is 0.143. The van der Waals surface area contributed by atoms with Gasteiger partial charge < -0.3 is 10.1 Å². The van der Waals surface area contributed by atoms with E-state index in [2.05, 4.69) is 10.3 Å². The zero-order valence-electron chi connectivity index (χ0n) is 10.6. The molecule has 0 aliphatic heterocycles. The maximum Gasteiger partial charge on any atom is 0.274 e. The van der Waals surface area contributed by atoms with Crippen LogP contribution in [0.5, 0.6) is 5.75 Å². The Morgan fingerprint density at radius 1 is 1.32 bits per heavy atom. The molecule has 98 valence electrons. The number of ether oxygens (including phenoxy) is 1. The van der Waals surface area contributed by atoms with Gasteiger partial charge in [0.05, 0.1) is 7.11 Å². The summed E-state index contributed by atoms with van der Waals surface area (Å²) in [6, 6.07) is 8.57. The van der Waals surface area contributed by atoms with Gasteiger partial charge >= 0.3 is 0 Å². The van der Waals surface area contributed by atoms with Crippen LogP contribution in [0.15, 0.2) is 36.5 Å². The average molecular weight is 277 g/mol. The average Bonchev–Trinajstić information content (AvgIpc) is 2.41. The molecule has 0 unspecified atom stereocenters. The van der Waals surface area contributed by atoms with E-state index in [1.807, 2.05) is 13.0 Å². The third-order valence-corrected chi connectivity index (χ3v) is 2.87. The summed E-state index contributed by atoms with van der Waals surface area (Å²) in [7, 11) is 1.60. The van der Waals surface area contributed by atoms with Crippen molar-refractivity contribution in [2.45, 2.75) is 6.92 Å². The normalized spacial score (nSPS) is 10.1. The lowest BCUT2D eigenvalue weighted by Gasteiger charge is -2.09. The molecule has 2 rings (SSSR count). The van der Waals surface area contributed by atoms with E-state index in [0.29, 0.717) is 10.7 Å². The highest BCUT2D eigenvalue weighted by atomic mass is 35.5. The van der Waals surface area contributed by atoms with Gasteiger partial charge in [-0.15, -0.1) is 0 Å². The third kappa shape index (κ3) is 3.23. The number of anilines is 1. The Bertz CT molecular complexity index is 614. The summed E-state index contributed by atoms with van der Waals surface area (Å²) in [4.78, 5) is 16.0. The van der Waals surface area contributed by atoms with Crippen LogP contribution < -0.4 is 10.1 Å². The zero-order valence-corrected chi connectivity index (χ0v) is 11.4. The number of hydrogen-bond acceptors (Lipinski definition) is 3. The summed E-state index contributed by atoms with van der Waals surface area (Å²) < 4.78 is 5.11. The van der Waals surface area contributed by atoms with E-state index in [-0.39, 0.29) is 11.6 Å². The van der Waals surface area contributed by atoms with Crippen LogP contribution in [0.4, 0.5) is 5.69 Å². The van der Waals surface area contributed by atoms with E-state index < -0.39 is 0 Å². The number of hydrogen-bond donors (Lipinski definition) is 1. The van der Waals surface area contributed by atoms with E-state index in [1.54, 1.807) is 25.3 Å². The molecule has 1 N–H and O–H groups in total. The van der Waals surface area contributed by atoms with Gasteiger partial charge in [-0.2, -0.15) is 0 Å². The van der Waals surface area contributed by atoms with Crippen LogP contribution in [-0.4, -0.2) is 18.0 Å². The lowest BCUT2D eigenvalue weighted by atomic mass is 10.2. The van der Waals surface area contributed by atoms with E-state index >= 15 is 0 Å². The number of pyridine rings is 1. The van der Waals surface area contributed by atoms with Crippen LogP contribution in [0.3, 0.4) is 0 Å². The number of nitrogens with one attached hydrogen (secondary N) is 1. The molecule has 19 heavy (non-hydrogen) atoms.